The number of halogens is 1. The van der Waals surface area contributed by atoms with Crippen LogP contribution in [0.15, 0.2) is 62.7 Å². The Morgan fingerprint density at radius 3 is 2.61 bits per heavy atom. The molecule has 0 N–H and O–H groups in total. The van der Waals surface area contributed by atoms with Gasteiger partial charge in [0.2, 0.25) is 5.69 Å². The summed E-state index contributed by atoms with van der Waals surface area (Å²) >= 11 is 3.30. The molecular formula is C21H17BrN2O8S. The summed E-state index contributed by atoms with van der Waals surface area (Å²) in [6, 6.07) is 11.4. The number of nitrogens with zero attached hydrogens (tertiary/aromatic N) is 2. The lowest BCUT2D eigenvalue weighted by atomic mass is 10.3. The summed E-state index contributed by atoms with van der Waals surface area (Å²) in [6.45, 7) is 2.19. The zero-order chi connectivity index (χ0) is 23.6. The molecule has 4 rings (SSSR count). The molecule has 0 fully saturated rings. The van der Waals surface area contributed by atoms with E-state index in [2.05, 4.69) is 21.0 Å². The lowest BCUT2D eigenvalue weighted by molar-refractivity contribution is 0.0515. The number of ether oxygens (including phenoxy) is 3. The first-order valence-electron chi connectivity index (χ1n) is 9.70. The van der Waals surface area contributed by atoms with Crippen LogP contribution < -0.4 is 19.2 Å². The van der Waals surface area contributed by atoms with Gasteiger partial charge in [-0.1, -0.05) is 22.0 Å². The second kappa shape index (κ2) is 9.24. The molecule has 33 heavy (non-hydrogen) atoms. The fraction of sp³-hybridized carbons (Fsp3) is 0.190. The van der Waals surface area contributed by atoms with Crippen molar-refractivity contribution in [3.63, 3.8) is 0 Å². The zero-order valence-electron chi connectivity index (χ0n) is 17.2. The first-order valence-corrected chi connectivity index (χ1v) is 11.9. The molecule has 0 aliphatic carbocycles. The van der Waals surface area contributed by atoms with Crippen LogP contribution in [0.25, 0.3) is 5.69 Å². The average molecular weight is 537 g/mol. The van der Waals surface area contributed by atoms with Gasteiger partial charge < -0.3 is 18.4 Å². The van der Waals surface area contributed by atoms with Gasteiger partial charge >= 0.3 is 16.1 Å². The highest BCUT2D eigenvalue weighted by Crippen LogP contribution is 2.33. The van der Waals surface area contributed by atoms with Crippen molar-refractivity contribution in [2.45, 2.75) is 11.8 Å². The first-order chi connectivity index (χ1) is 15.8. The topological polar surface area (TPSA) is 123 Å². The number of hydrogen-bond donors (Lipinski definition) is 0. The summed E-state index contributed by atoms with van der Waals surface area (Å²) in [5, 5.41) is 4.02. The summed E-state index contributed by atoms with van der Waals surface area (Å²) < 4.78 is 48.4. The van der Waals surface area contributed by atoms with Crippen molar-refractivity contribution < 1.29 is 31.6 Å². The second-order valence-corrected chi connectivity index (χ2v) is 9.11. The number of esters is 1. The highest BCUT2D eigenvalue weighted by molar-refractivity contribution is 9.10. The number of benzene rings is 2. The van der Waals surface area contributed by atoms with Crippen LogP contribution in [-0.4, -0.2) is 44.0 Å². The average Bonchev–Trinajstić information content (AvgIpc) is 2.78. The highest BCUT2D eigenvalue weighted by atomic mass is 79.9. The van der Waals surface area contributed by atoms with Gasteiger partial charge in [-0.25, -0.2) is 4.79 Å². The molecule has 0 unspecified atom stereocenters. The molecule has 0 radical (unpaired) electrons. The third kappa shape index (κ3) is 4.86. The van der Waals surface area contributed by atoms with Crippen LogP contribution in [0.5, 0.6) is 17.2 Å². The second-order valence-electron chi connectivity index (χ2n) is 6.65. The summed E-state index contributed by atoms with van der Waals surface area (Å²) in [5.41, 5.74) is -0.841. The standard InChI is InChI=1S/C21H17BrN2O8S/c1-2-29-21(26)20-18(12-19(25)24(23-20)14-5-3-4-13(22)10-14)32-33(27,28)15-6-7-16-17(11-15)31-9-8-30-16/h3-7,10-12H,2,8-9H2,1H3. The highest BCUT2D eigenvalue weighted by Gasteiger charge is 2.27. The molecule has 1 aliphatic heterocycles. The number of carbonyl (C=O) groups excluding carboxylic acids is 1. The summed E-state index contributed by atoms with van der Waals surface area (Å²) in [4.78, 5) is 25.0. The molecule has 0 saturated carbocycles. The molecule has 0 saturated heterocycles. The maximum atomic E-state index is 12.9. The number of aromatic nitrogens is 2. The Balaban J connectivity index is 1.77. The normalized spacial score (nSPS) is 12.8. The molecule has 1 aromatic heterocycles. The third-order valence-corrected chi connectivity index (χ3v) is 6.14. The largest absolute Gasteiger partial charge is 0.486 e. The molecular weight excluding hydrogens is 520 g/mol. The van der Waals surface area contributed by atoms with E-state index in [0.717, 1.165) is 10.7 Å². The van der Waals surface area contributed by atoms with E-state index in [0.29, 0.717) is 22.5 Å². The van der Waals surface area contributed by atoms with E-state index in [9.17, 15) is 18.0 Å². The Bertz CT molecular complexity index is 1390. The van der Waals surface area contributed by atoms with E-state index < -0.39 is 33.1 Å². The SMILES string of the molecule is CCOC(=O)c1nn(-c2cccc(Br)c2)c(=O)cc1OS(=O)(=O)c1ccc2c(c1)OCCO2. The number of carbonyl (C=O) groups is 1. The van der Waals surface area contributed by atoms with Crippen LogP contribution in [0.1, 0.15) is 17.4 Å². The van der Waals surface area contributed by atoms with Crippen LogP contribution in [0.2, 0.25) is 0 Å². The van der Waals surface area contributed by atoms with Gasteiger partial charge in [0.25, 0.3) is 5.56 Å². The van der Waals surface area contributed by atoms with Crippen molar-refractivity contribution in [1.82, 2.24) is 9.78 Å². The van der Waals surface area contributed by atoms with Crippen molar-refractivity contribution in [3.05, 3.63) is 69.1 Å². The van der Waals surface area contributed by atoms with Crippen LogP contribution in [0.3, 0.4) is 0 Å². The fourth-order valence-corrected chi connectivity index (χ4v) is 4.32. The monoisotopic (exact) mass is 536 g/mol. The van der Waals surface area contributed by atoms with Crippen molar-refractivity contribution in [2.24, 2.45) is 0 Å². The van der Waals surface area contributed by atoms with E-state index in [1.165, 1.54) is 18.2 Å². The lowest BCUT2D eigenvalue weighted by Gasteiger charge is -2.19. The minimum Gasteiger partial charge on any atom is -0.486 e. The van der Waals surface area contributed by atoms with Crippen molar-refractivity contribution in [3.8, 4) is 22.9 Å². The molecule has 2 heterocycles. The molecule has 0 spiro atoms. The van der Waals surface area contributed by atoms with Gasteiger partial charge in [-0.2, -0.15) is 18.2 Å². The summed E-state index contributed by atoms with van der Waals surface area (Å²) in [5.74, 6) is -0.876. The van der Waals surface area contributed by atoms with Crippen LogP contribution in [-0.2, 0) is 14.9 Å². The molecule has 12 heteroatoms. The Morgan fingerprint density at radius 1 is 1.12 bits per heavy atom. The zero-order valence-corrected chi connectivity index (χ0v) is 19.6. The predicted octanol–water partition coefficient (Wildman–Crippen LogP) is 2.71. The van der Waals surface area contributed by atoms with E-state index in [4.69, 9.17) is 18.4 Å². The van der Waals surface area contributed by atoms with Crippen molar-refractivity contribution >= 4 is 32.0 Å². The number of hydrogen-bond acceptors (Lipinski definition) is 9. The molecule has 0 atom stereocenters. The van der Waals surface area contributed by atoms with Crippen LogP contribution >= 0.6 is 15.9 Å². The molecule has 10 nitrogen and oxygen atoms in total. The lowest BCUT2D eigenvalue weighted by Crippen LogP contribution is -2.26. The van der Waals surface area contributed by atoms with E-state index in [-0.39, 0.29) is 23.9 Å². The molecule has 3 aromatic rings. The van der Waals surface area contributed by atoms with Gasteiger partial charge in [-0.15, -0.1) is 0 Å². The summed E-state index contributed by atoms with van der Waals surface area (Å²) in [6.07, 6.45) is 0. The Kier molecular flexibility index (Phi) is 6.38. The maximum absolute atomic E-state index is 12.9. The number of rotatable bonds is 6. The molecule has 1 aliphatic rings. The molecule has 172 valence electrons. The summed E-state index contributed by atoms with van der Waals surface area (Å²) in [7, 11) is -4.46. The van der Waals surface area contributed by atoms with Crippen LogP contribution in [0, 0.1) is 0 Å². The Morgan fingerprint density at radius 2 is 1.88 bits per heavy atom. The Labute approximate surface area is 196 Å². The van der Waals surface area contributed by atoms with Gasteiger partial charge in [0, 0.05) is 10.5 Å². The Hall–Kier alpha value is -3.38. The molecule has 2 aromatic carbocycles. The molecule has 0 bridgehead atoms. The van der Waals surface area contributed by atoms with E-state index in [1.54, 1.807) is 31.2 Å². The van der Waals surface area contributed by atoms with Gasteiger partial charge in [-0.3, -0.25) is 4.79 Å². The van der Waals surface area contributed by atoms with Crippen molar-refractivity contribution in [2.75, 3.05) is 19.8 Å². The van der Waals surface area contributed by atoms with Gasteiger partial charge in [0.15, 0.2) is 17.2 Å². The number of fused-ring (bicyclic) bond motifs is 1. The maximum Gasteiger partial charge on any atom is 0.362 e. The van der Waals surface area contributed by atoms with E-state index >= 15 is 0 Å². The van der Waals surface area contributed by atoms with Crippen LogP contribution in [0.4, 0.5) is 0 Å². The van der Waals surface area contributed by atoms with E-state index in [1.807, 2.05) is 0 Å². The van der Waals surface area contributed by atoms with Gasteiger partial charge in [-0.05, 0) is 37.3 Å². The fourth-order valence-electron chi connectivity index (χ4n) is 2.98. The molecule has 0 amide bonds. The van der Waals surface area contributed by atoms with Crippen molar-refractivity contribution in [1.29, 1.82) is 0 Å². The third-order valence-electron chi connectivity index (χ3n) is 4.42. The van der Waals surface area contributed by atoms with Gasteiger partial charge in [0.1, 0.15) is 18.1 Å². The minimum atomic E-state index is -4.46. The first kappa shape index (κ1) is 22.8. The smallest absolute Gasteiger partial charge is 0.362 e. The predicted molar refractivity (Wildman–Crippen MR) is 119 cm³/mol. The quantitative estimate of drug-likeness (QED) is 0.345. The minimum absolute atomic E-state index is 0.00484. The van der Waals surface area contributed by atoms with Gasteiger partial charge in [0.05, 0.1) is 18.4 Å².